The third-order valence-corrected chi connectivity index (χ3v) is 3.94. The van der Waals surface area contributed by atoms with E-state index in [0.717, 1.165) is 0 Å². The first kappa shape index (κ1) is 16.0. The smallest absolute Gasteiger partial charge is 0.251 e. The van der Waals surface area contributed by atoms with Gasteiger partial charge in [0.1, 0.15) is 6.10 Å². The summed E-state index contributed by atoms with van der Waals surface area (Å²) in [5.41, 5.74) is 0. The van der Waals surface area contributed by atoms with E-state index < -0.39 is 6.10 Å². The molecule has 1 rings (SSSR count). The van der Waals surface area contributed by atoms with Crippen LogP contribution in [0.1, 0.15) is 34.1 Å². The minimum Gasteiger partial charge on any atom is -0.384 e. The lowest BCUT2D eigenvalue weighted by molar-refractivity contribution is -0.145. The van der Waals surface area contributed by atoms with Gasteiger partial charge in [-0.3, -0.25) is 9.59 Å². The van der Waals surface area contributed by atoms with Crippen LogP contribution >= 0.6 is 0 Å². The Bertz CT molecular complexity index is 321. The van der Waals surface area contributed by atoms with Crippen LogP contribution in [0.3, 0.4) is 0 Å². The van der Waals surface area contributed by atoms with Crippen LogP contribution in [0, 0.1) is 11.8 Å². The second kappa shape index (κ2) is 6.89. The molecule has 0 bridgehead atoms. The fourth-order valence-electron chi connectivity index (χ4n) is 2.08. The molecular weight excluding hydrogens is 244 g/mol. The van der Waals surface area contributed by atoms with Gasteiger partial charge in [-0.15, -0.1) is 0 Å². The van der Waals surface area contributed by atoms with Gasteiger partial charge in [-0.25, -0.2) is 0 Å². The summed E-state index contributed by atoms with van der Waals surface area (Å²) in [4.78, 5) is 27.2. The molecule has 5 nitrogen and oxygen atoms in total. The topological polar surface area (TPSA) is 60.9 Å². The number of hydrogen-bond donors (Lipinski definition) is 1. The Morgan fingerprint density at radius 3 is 1.89 bits per heavy atom. The van der Waals surface area contributed by atoms with Crippen molar-refractivity contribution in [3.05, 3.63) is 0 Å². The molecule has 19 heavy (non-hydrogen) atoms. The first-order valence-electron chi connectivity index (χ1n) is 7.07. The summed E-state index contributed by atoms with van der Waals surface area (Å²) >= 11 is 0. The minimum absolute atomic E-state index is 0.172. The maximum absolute atomic E-state index is 12.1. The first-order chi connectivity index (χ1) is 8.82. The van der Waals surface area contributed by atoms with E-state index >= 15 is 0 Å². The van der Waals surface area contributed by atoms with E-state index in [0.29, 0.717) is 44.4 Å². The number of aliphatic hydroxyl groups excluding tert-OH is 1. The number of rotatable bonds is 4. The molecule has 110 valence electrons. The Morgan fingerprint density at radius 1 is 1.00 bits per heavy atom. The van der Waals surface area contributed by atoms with Gasteiger partial charge < -0.3 is 14.9 Å². The van der Waals surface area contributed by atoms with Crippen molar-refractivity contribution < 1.29 is 14.7 Å². The molecule has 0 aromatic rings. The summed E-state index contributed by atoms with van der Waals surface area (Å²) < 4.78 is 0. The largest absolute Gasteiger partial charge is 0.384 e. The number of aliphatic hydroxyl groups is 1. The number of piperazine rings is 1. The molecule has 0 saturated carbocycles. The van der Waals surface area contributed by atoms with Gasteiger partial charge >= 0.3 is 0 Å². The minimum atomic E-state index is -0.955. The van der Waals surface area contributed by atoms with E-state index in [1.807, 2.05) is 4.90 Å². The summed E-state index contributed by atoms with van der Waals surface area (Å²) in [6, 6.07) is 0. The fourth-order valence-corrected chi connectivity index (χ4v) is 2.08. The molecule has 2 unspecified atom stereocenters. The molecule has 2 atom stereocenters. The van der Waals surface area contributed by atoms with Crippen molar-refractivity contribution in [2.24, 2.45) is 11.8 Å². The summed E-state index contributed by atoms with van der Waals surface area (Å²) in [7, 11) is 0. The number of amides is 2. The highest BCUT2D eigenvalue weighted by molar-refractivity contribution is 5.81. The molecule has 0 aromatic heterocycles. The van der Waals surface area contributed by atoms with Crippen molar-refractivity contribution in [2.45, 2.75) is 40.2 Å². The van der Waals surface area contributed by atoms with E-state index in [2.05, 4.69) is 20.8 Å². The standard InChI is InChI=1S/C14H26N2O3/c1-10(2)11(3)9-13(18)15-5-7-16(8-6-15)14(19)12(4)17/h10-12,17H,5-9H2,1-4H3. The second-order valence-corrected chi connectivity index (χ2v) is 5.81. The molecule has 1 fully saturated rings. The van der Waals surface area contributed by atoms with Crippen LogP contribution in [0.15, 0.2) is 0 Å². The van der Waals surface area contributed by atoms with Crippen LogP contribution in [-0.4, -0.2) is 59.0 Å². The Morgan fingerprint density at radius 2 is 1.47 bits per heavy atom. The summed E-state index contributed by atoms with van der Waals surface area (Å²) in [6.07, 6.45) is -0.384. The third kappa shape index (κ3) is 4.49. The van der Waals surface area contributed by atoms with Crippen LogP contribution in [0.25, 0.3) is 0 Å². The molecule has 0 aromatic carbocycles. The fraction of sp³-hybridized carbons (Fsp3) is 0.857. The van der Waals surface area contributed by atoms with Gasteiger partial charge in [0.15, 0.2) is 0 Å². The van der Waals surface area contributed by atoms with E-state index in [4.69, 9.17) is 0 Å². The molecule has 5 heteroatoms. The molecule has 2 amide bonds. The molecule has 0 spiro atoms. The van der Waals surface area contributed by atoms with Crippen LogP contribution < -0.4 is 0 Å². The molecule has 0 aliphatic carbocycles. The normalized spacial score (nSPS) is 19.5. The SMILES string of the molecule is CC(O)C(=O)N1CCN(C(=O)CC(C)C(C)C)CC1. The van der Waals surface area contributed by atoms with Gasteiger partial charge in [0.05, 0.1) is 0 Å². The Hall–Kier alpha value is -1.10. The van der Waals surface area contributed by atoms with Crippen molar-refractivity contribution in [2.75, 3.05) is 26.2 Å². The predicted octanol–water partition coefficient (Wildman–Crippen LogP) is 0.720. The summed E-state index contributed by atoms with van der Waals surface area (Å²) in [5, 5.41) is 9.26. The first-order valence-corrected chi connectivity index (χ1v) is 7.07. The van der Waals surface area contributed by atoms with Crippen LogP contribution in [0.2, 0.25) is 0 Å². The van der Waals surface area contributed by atoms with Crippen molar-refractivity contribution in [1.82, 2.24) is 9.80 Å². The molecule has 0 radical (unpaired) electrons. The summed E-state index contributed by atoms with van der Waals surface area (Å²) in [5.74, 6) is 0.805. The van der Waals surface area contributed by atoms with E-state index in [1.54, 1.807) is 4.90 Å². The van der Waals surface area contributed by atoms with Crippen molar-refractivity contribution in [1.29, 1.82) is 0 Å². The maximum atomic E-state index is 12.1. The lowest BCUT2D eigenvalue weighted by atomic mass is 9.94. The van der Waals surface area contributed by atoms with E-state index in [9.17, 15) is 14.7 Å². The molecule has 1 aliphatic rings. The average molecular weight is 270 g/mol. The van der Waals surface area contributed by atoms with Crippen LogP contribution in [0.5, 0.6) is 0 Å². The second-order valence-electron chi connectivity index (χ2n) is 5.81. The Balaban J connectivity index is 2.41. The number of carbonyl (C=O) groups is 2. The zero-order valence-electron chi connectivity index (χ0n) is 12.4. The number of nitrogens with zero attached hydrogens (tertiary/aromatic N) is 2. The van der Waals surface area contributed by atoms with Crippen molar-refractivity contribution in [3.63, 3.8) is 0 Å². The van der Waals surface area contributed by atoms with Gasteiger partial charge in [0, 0.05) is 32.6 Å². The van der Waals surface area contributed by atoms with E-state index in [-0.39, 0.29) is 11.8 Å². The van der Waals surface area contributed by atoms with Crippen LogP contribution in [0.4, 0.5) is 0 Å². The highest BCUT2D eigenvalue weighted by Gasteiger charge is 2.26. The van der Waals surface area contributed by atoms with Gasteiger partial charge in [0.2, 0.25) is 5.91 Å². The van der Waals surface area contributed by atoms with Crippen molar-refractivity contribution in [3.8, 4) is 0 Å². The molecule has 1 N–H and O–H groups in total. The summed E-state index contributed by atoms with van der Waals surface area (Å²) in [6.45, 7) is 10.00. The van der Waals surface area contributed by atoms with Gasteiger partial charge in [0.25, 0.3) is 5.91 Å². The lowest BCUT2D eigenvalue weighted by Crippen LogP contribution is -2.52. The molecular formula is C14H26N2O3. The van der Waals surface area contributed by atoms with Gasteiger partial charge in [-0.1, -0.05) is 20.8 Å². The van der Waals surface area contributed by atoms with Gasteiger partial charge in [-0.05, 0) is 18.8 Å². The Kier molecular flexibility index (Phi) is 5.79. The highest BCUT2D eigenvalue weighted by atomic mass is 16.3. The molecule has 1 saturated heterocycles. The Labute approximate surface area is 115 Å². The zero-order chi connectivity index (χ0) is 14.6. The zero-order valence-corrected chi connectivity index (χ0v) is 12.4. The van der Waals surface area contributed by atoms with E-state index in [1.165, 1.54) is 6.92 Å². The van der Waals surface area contributed by atoms with Crippen molar-refractivity contribution >= 4 is 11.8 Å². The quantitative estimate of drug-likeness (QED) is 0.819. The maximum Gasteiger partial charge on any atom is 0.251 e. The lowest BCUT2D eigenvalue weighted by Gasteiger charge is -2.36. The van der Waals surface area contributed by atoms with Crippen LogP contribution in [-0.2, 0) is 9.59 Å². The monoisotopic (exact) mass is 270 g/mol. The highest BCUT2D eigenvalue weighted by Crippen LogP contribution is 2.16. The predicted molar refractivity (Wildman–Crippen MR) is 73.5 cm³/mol. The third-order valence-electron chi connectivity index (χ3n) is 3.94. The van der Waals surface area contributed by atoms with Gasteiger partial charge in [-0.2, -0.15) is 0 Å². The molecule has 1 heterocycles. The number of carbonyl (C=O) groups excluding carboxylic acids is 2. The number of hydrogen-bond acceptors (Lipinski definition) is 3. The average Bonchev–Trinajstić information content (AvgIpc) is 2.37. The molecule has 1 aliphatic heterocycles.